The lowest BCUT2D eigenvalue weighted by molar-refractivity contribution is -0.145. The summed E-state index contributed by atoms with van der Waals surface area (Å²) < 4.78 is 5.93. The molecule has 1 saturated heterocycles. The van der Waals surface area contributed by atoms with E-state index in [1.54, 1.807) is 6.07 Å². The van der Waals surface area contributed by atoms with Gasteiger partial charge in [0, 0.05) is 42.3 Å². The van der Waals surface area contributed by atoms with Crippen LogP contribution in [-0.2, 0) is 35.2 Å². The molecular formula is C38H52ClN5O7. The molecule has 5 aliphatic rings. The maximum atomic E-state index is 14.7. The second-order valence-corrected chi connectivity index (χ2v) is 16.7. The van der Waals surface area contributed by atoms with Crippen LogP contribution >= 0.6 is 11.6 Å². The number of likely N-dealkylation sites (tertiary alicyclic amines) is 1. The molecule has 13 heteroatoms. The van der Waals surface area contributed by atoms with Crippen LogP contribution in [0.1, 0.15) is 116 Å². The summed E-state index contributed by atoms with van der Waals surface area (Å²) >= 11 is 6.47. The van der Waals surface area contributed by atoms with E-state index in [-0.39, 0.29) is 43.7 Å². The third kappa shape index (κ3) is 8.53. The van der Waals surface area contributed by atoms with Gasteiger partial charge in [-0.05, 0) is 61.1 Å². The molecule has 12 nitrogen and oxygen atoms in total. The van der Waals surface area contributed by atoms with Gasteiger partial charge in [-0.25, -0.2) is 0 Å². The Bertz CT molecular complexity index is 1580. The van der Waals surface area contributed by atoms with E-state index in [0.717, 1.165) is 56.1 Å². The summed E-state index contributed by atoms with van der Waals surface area (Å²) in [5, 5.41) is 13.6. The summed E-state index contributed by atoms with van der Waals surface area (Å²) in [7, 11) is 0. The molecule has 0 unspecified atom stereocenters. The van der Waals surface area contributed by atoms with Crippen LogP contribution in [0.5, 0.6) is 5.75 Å². The molecule has 278 valence electrons. The Hall–Kier alpha value is -3.67. The van der Waals surface area contributed by atoms with Crippen molar-refractivity contribution in [3.8, 4) is 5.75 Å². The SMILES string of the molecule is CCC[C@H](NC(=O)[C@@H]1C[C@]2(CC(c3cc(Cl)cc4c3OCC4)=NO2)CN1C(=O)[C@@H](NC(=O)CC1CCCCC1)C(C)(C)C)C(=O)C(=O)NC1CC1. The van der Waals surface area contributed by atoms with Gasteiger partial charge in [0.05, 0.1) is 24.9 Å². The predicted octanol–water partition coefficient (Wildman–Crippen LogP) is 4.37. The van der Waals surface area contributed by atoms with Gasteiger partial charge in [-0.15, -0.1) is 0 Å². The number of benzene rings is 1. The zero-order valence-corrected chi connectivity index (χ0v) is 31.0. The third-order valence-electron chi connectivity index (χ3n) is 10.8. The molecule has 3 N–H and O–H groups in total. The van der Waals surface area contributed by atoms with Crippen molar-refractivity contribution in [3.05, 3.63) is 28.3 Å². The highest BCUT2D eigenvalue weighted by atomic mass is 35.5. The summed E-state index contributed by atoms with van der Waals surface area (Å²) in [5.74, 6) is -1.58. The van der Waals surface area contributed by atoms with Gasteiger partial charge in [0.1, 0.15) is 17.8 Å². The first-order chi connectivity index (χ1) is 24.3. The predicted molar refractivity (Wildman–Crippen MR) is 191 cm³/mol. The van der Waals surface area contributed by atoms with Gasteiger partial charge in [-0.3, -0.25) is 24.0 Å². The van der Waals surface area contributed by atoms with Crippen LogP contribution in [0.2, 0.25) is 5.02 Å². The average Bonchev–Trinajstić information content (AvgIpc) is 3.44. The van der Waals surface area contributed by atoms with E-state index in [1.165, 1.54) is 11.3 Å². The lowest BCUT2D eigenvalue weighted by Gasteiger charge is -2.36. The molecule has 0 radical (unpaired) electrons. The topological polar surface area (TPSA) is 156 Å². The van der Waals surface area contributed by atoms with E-state index in [0.29, 0.717) is 35.9 Å². The fourth-order valence-corrected chi connectivity index (χ4v) is 8.15. The standard InChI is InChI=1S/C38H52ClN5O7/c1-5-9-27(31(46)35(48)40-25-12-13-25)41-34(47)29-20-38(19-28(43-51-38)26-18-24(39)17-23-14-15-50-32(23)26)21-44(29)36(49)33(37(2,3)4)42-30(45)16-22-10-7-6-8-11-22/h17-18,22,25,27,29,33H,5-16,19-21H2,1-4H3,(H,40,48)(H,41,47)(H,42,45)/t27-,29-,33+,38+/m0/s1. The minimum Gasteiger partial charge on any atom is -0.492 e. The van der Waals surface area contributed by atoms with E-state index in [1.807, 2.05) is 33.8 Å². The lowest BCUT2D eigenvalue weighted by atomic mass is 9.84. The zero-order valence-electron chi connectivity index (χ0n) is 30.3. The second kappa shape index (κ2) is 15.1. The fourth-order valence-electron chi connectivity index (χ4n) is 7.91. The molecule has 4 amide bonds. The highest BCUT2D eigenvalue weighted by molar-refractivity contribution is 6.38. The van der Waals surface area contributed by atoms with Crippen LogP contribution in [0.4, 0.5) is 0 Å². The van der Waals surface area contributed by atoms with Crippen LogP contribution in [0.25, 0.3) is 0 Å². The van der Waals surface area contributed by atoms with E-state index >= 15 is 0 Å². The van der Waals surface area contributed by atoms with Crippen molar-refractivity contribution in [1.29, 1.82) is 0 Å². The first-order valence-corrected chi connectivity index (χ1v) is 19.1. The Morgan fingerprint density at radius 1 is 1.06 bits per heavy atom. The monoisotopic (exact) mass is 725 g/mol. The molecule has 1 aromatic rings. The molecular weight excluding hydrogens is 674 g/mol. The van der Waals surface area contributed by atoms with Crippen LogP contribution < -0.4 is 20.7 Å². The maximum absolute atomic E-state index is 14.7. The van der Waals surface area contributed by atoms with Crippen LogP contribution in [0, 0.1) is 11.3 Å². The zero-order chi connectivity index (χ0) is 36.5. The van der Waals surface area contributed by atoms with Gasteiger partial charge in [-0.1, -0.05) is 70.1 Å². The van der Waals surface area contributed by atoms with Crippen molar-refractivity contribution in [2.75, 3.05) is 13.2 Å². The Morgan fingerprint density at radius 2 is 1.80 bits per heavy atom. The fraction of sp³-hybridized carbons (Fsp3) is 0.684. The largest absolute Gasteiger partial charge is 0.492 e. The van der Waals surface area contributed by atoms with Gasteiger partial charge in [0.15, 0.2) is 5.60 Å². The number of carbonyl (C=O) groups is 5. The number of hydrogen-bond acceptors (Lipinski definition) is 8. The molecule has 0 bridgehead atoms. The van der Waals surface area contributed by atoms with Crippen LogP contribution in [-0.4, -0.2) is 82.9 Å². The normalized spacial score (nSPS) is 24.2. The molecule has 4 atom stereocenters. The molecule has 0 aromatic heterocycles. The Labute approximate surface area is 305 Å². The van der Waals surface area contributed by atoms with E-state index < -0.39 is 52.6 Å². The lowest BCUT2D eigenvalue weighted by Crippen LogP contribution is -2.59. The number of oxime groups is 1. The minimum absolute atomic E-state index is 0.00951. The van der Waals surface area contributed by atoms with Crippen molar-refractivity contribution in [2.45, 2.75) is 141 Å². The van der Waals surface area contributed by atoms with Crippen LogP contribution in [0.3, 0.4) is 0 Å². The number of halogens is 1. The van der Waals surface area contributed by atoms with Crippen molar-refractivity contribution >= 4 is 46.7 Å². The van der Waals surface area contributed by atoms with E-state index in [4.69, 9.17) is 21.2 Å². The van der Waals surface area contributed by atoms with Crippen molar-refractivity contribution < 1.29 is 33.5 Å². The quantitative estimate of drug-likeness (QED) is 0.270. The maximum Gasteiger partial charge on any atom is 0.289 e. The number of Topliss-reactive ketones (excluding diaryl/α,β-unsaturated/α-hetero) is 1. The van der Waals surface area contributed by atoms with Crippen LogP contribution in [0.15, 0.2) is 17.3 Å². The molecule has 3 heterocycles. The molecule has 2 saturated carbocycles. The van der Waals surface area contributed by atoms with Gasteiger partial charge in [-0.2, -0.15) is 0 Å². The van der Waals surface area contributed by atoms with Crippen molar-refractivity contribution in [1.82, 2.24) is 20.9 Å². The molecule has 1 spiro atoms. The Morgan fingerprint density at radius 3 is 2.49 bits per heavy atom. The first-order valence-electron chi connectivity index (χ1n) is 18.7. The van der Waals surface area contributed by atoms with Gasteiger partial charge < -0.3 is 30.4 Å². The summed E-state index contributed by atoms with van der Waals surface area (Å²) in [5.41, 5.74) is 0.567. The molecule has 2 aliphatic carbocycles. The number of nitrogens with one attached hydrogen (secondary N) is 3. The highest BCUT2D eigenvalue weighted by Crippen LogP contribution is 2.43. The first kappa shape index (κ1) is 37.1. The number of ketones is 1. The van der Waals surface area contributed by atoms with Crippen molar-refractivity contribution in [3.63, 3.8) is 0 Å². The molecule has 51 heavy (non-hydrogen) atoms. The van der Waals surface area contributed by atoms with E-state index in [2.05, 4.69) is 21.1 Å². The van der Waals surface area contributed by atoms with Crippen molar-refractivity contribution in [2.24, 2.45) is 16.5 Å². The van der Waals surface area contributed by atoms with Gasteiger partial charge in [0.25, 0.3) is 5.91 Å². The molecule has 3 aliphatic heterocycles. The average molecular weight is 726 g/mol. The third-order valence-corrected chi connectivity index (χ3v) is 11.1. The summed E-state index contributed by atoms with van der Waals surface area (Å²) in [6, 6.07) is 0.634. The number of rotatable bonds is 12. The number of carbonyl (C=O) groups excluding carboxylic acids is 5. The molecule has 3 fully saturated rings. The summed E-state index contributed by atoms with van der Waals surface area (Å²) in [4.78, 5) is 75.9. The number of amides is 4. The van der Waals surface area contributed by atoms with Gasteiger partial charge >= 0.3 is 0 Å². The van der Waals surface area contributed by atoms with Gasteiger partial charge in [0.2, 0.25) is 23.5 Å². The minimum atomic E-state index is -1.05. The second-order valence-electron chi connectivity index (χ2n) is 16.3. The molecule has 1 aromatic carbocycles. The smallest absolute Gasteiger partial charge is 0.289 e. The highest BCUT2D eigenvalue weighted by Gasteiger charge is 2.56. The number of ether oxygens (including phenoxy) is 1. The Balaban J connectivity index is 1.25. The summed E-state index contributed by atoms with van der Waals surface area (Å²) in [6.45, 7) is 8.09. The number of hydrogen-bond donors (Lipinski definition) is 3. The summed E-state index contributed by atoms with van der Waals surface area (Å²) in [6.07, 6.45) is 9.29. The number of fused-ring (bicyclic) bond motifs is 1. The molecule has 6 rings (SSSR count). The Kier molecular flexibility index (Phi) is 11.0. The van der Waals surface area contributed by atoms with E-state index in [9.17, 15) is 24.0 Å². The number of nitrogens with zero attached hydrogens (tertiary/aromatic N) is 2.